The number of carbonyl (C=O) groups is 1. The van der Waals surface area contributed by atoms with E-state index in [0.29, 0.717) is 17.5 Å². The number of piperazine rings is 1. The number of amides is 1. The SMILES string of the molecule is C[C@@H]1CN(C(=O)C2CCN(c3ccc(C#N)cc3)CC2)CCN1. The molecule has 0 unspecified atom stereocenters. The van der Waals surface area contributed by atoms with Crippen molar-refractivity contribution in [1.29, 1.82) is 5.26 Å². The summed E-state index contributed by atoms with van der Waals surface area (Å²) >= 11 is 0. The number of nitriles is 1. The van der Waals surface area contributed by atoms with Gasteiger partial charge in [0.2, 0.25) is 5.91 Å². The van der Waals surface area contributed by atoms with Gasteiger partial charge in [-0.1, -0.05) is 0 Å². The molecule has 2 aliphatic rings. The molecule has 2 heterocycles. The lowest BCUT2D eigenvalue weighted by atomic mass is 9.94. The molecule has 1 aromatic rings. The summed E-state index contributed by atoms with van der Waals surface area (Å²) in [6, 6.07) is 10.2. The number of piperidine rings is 1. The quantitative estimate of drug-likeness (QED) is 0.901. The molecule has 2 saturated heterocycles. The number of anilines is 1. The van der Waals surface area contributed by atoms with Gasteiger partial charge in [-0.2, -0.15) is 5.26 Å². The number of benzene rings is 1. The zero-order valence-corrected chi connectivity index (χ0v) is 13.7. The monoisotopic (exact) mass is 312 g/mol. The molecule has 3 rings (SSSR count). The van der Waals surface area contributed by atoms with Crippen LogP contribution in [-0.4, -0.2) is 49.6 Å². The number of hydrogen-bond donors (Lipinski definition) is 1. The maximum absolute atomic E-state index is 12.7. The lowest BCUT2D eigenvalue weighted by Crippen LogP contribution is -2.53. The summed E-state index contributed by atoms with van der Waals surface area (Å²) in [6.45, 7) is 6.51. The van der Waals surface area contributed by atoms with Crippen molar-refractivity contribution in [3.63, 3.8) is 0 Å². The Kier molecular flexibility index (Phi) is 4.82. The number of rotatable bonds is 2. The van der Waals surface area contributed by atoms with E-state index in [0.717, 1.165) is 51.3 Å². The molecular weight excluding hydrogens is 288 g/mol. The van der Waals surface area contributed by atoms with Crippen molar-refractivity contribution < 1.29 is 4.79 Å². The van der Waals surface area contributed by atoms with Gasteiger partial charge in [0.25, 0.3) is 0 Å². The number of nitrogens with zero attached hydrogens (tertiary/aromatic N) is 3. The van der Waals surface area contributed by atoms with Gasteiger partial charge < -0.3 is 15.1 Å². The minimum atomic E-state index is 0.162. The molecule has 0 aromatic heterocycles. The van der Waals surface area contributed by atoms with Gasteiger partial charge in [0.15, 0.2) is 0 Å². The molecule has 5 heteroatoms. The zero-order valence-electron chi connectivity index (χ0n) is 13.7. The van der Waals surface area contributed by atoms with Crippen LogP contribution in [0.25, 0.3) is 0 Å². The summed E-state index contributed by atoms with van der Waals surface area (Å²) in [7, 11) is 0. The topological polar surface area (TPSA) is 59.4 Å². The van der Waals surface area contributed by atoms with Crippen LogP contribution in [0.2, 0.25) is 0 Å². The van der Waals surface area contributed by atoms with Gasteiger partial charge in [0, 0.05) is 50.4 Å². The zero-order chi connectivity index (χ0) is 16.2. The summed E-state index contributed by atoms with van der Waals surface area (Å²) in [5.74, 6) is 0.493. The Morgan fingerprint density at radius 3 is 2.52 bits per heavy atom. The predicted octanol–water partition coefficient (Wildman–Crippen LogP) is 1.59. The smallest absolute Gasteiger partial charge is 0.225 e. The molecule has 0 spiro atoms. The van der Waals surface area contributed by atoms with Crippen molar-refractivity contribution in [1.82, 2.24) is 10.2 Å². The molecule has 1 aromatic carbocycles. The number of nitrogens with one attached hydrogen (secondary N) is 1. The van der Waals surface area contributed by atoms with E-state index in [4.69, 9.17) is 5.26 Å². The molecule has 2 aliphatic heterocycles. The summed E-state index contributed by atoms with van der Waals surface area (Å²) in [5.41, 5.74) is 1.83. The van der Waals surface area contributed by atoms with E-state index >= 15 is 0 Å². The number of carbonyl (C=O) groups excluding carboxylic acids is 1. The Labute approximate surface area is 137 Å². The van der Waals surface area contributed by atoms with E-state index < -0.39 is 0 Å². The van der Waals surface area contributed by atoms with Crippen LogP contribution in [0.1, 0.15) is 25.3 Å². The molecule has 1 N–H and O–H groups in total. The first-order chi connectivity index (χ1) is 11.2. The lowest BCUT2D eigenvalue weighted by Gasteiger charge is -2.38. The van der Waals surface area contributed by atoms with Crippen molar-refractivity contribution in [3.8, 4) is 6.07 Å². The Bertz CT molecular complexity index is 584. The fourth-order valence-electron chi connectivity index (χ4n) is 3.52. The van der Waals surface area contributed by atoms with E-state index in [1.54, 1.807) is 0 Å². The van der Waals surface area contributed by atoms with Gasteiger partial charge in [-0.05, 0) is 44.0 Å². The van der Waals surface area contributed by atoms with E-state index in [9.17, 15) is 4.79 Å². The summed E-state index contributed by atoms with van der Waals surface area (Å²) in [6.07, 6.45) is 1.83. The van der Waals surface area contributed by atoms with Gasteiger partial charge in [-0.25, -0.2) is 0 Å². The molecule has 0 aliphatic carbocycles. The molecule has 23 heavy (non-hydrogen) atoms. The highest BCUT2D eigenvalue weighted by Crippen LogP contribution is 2.25. The molecule has 1 atom stereocenters. The van der Waals surface area contributed by atoms with Crippen molar-refractivity contribution >= 4 is 11.6 Å². The van der Waals surface area contributed by atoms with Crippen LogP contribution in [0, 0.1) is 17.2 Å². The molecule has 1 amide bonds. The second-order valence-electron chi connectivity index (χ2n) is 6.56. The molecule has 0 bridgehead atoms. The summed E-state index contributed by atoms with van der Waals surface area (Å²) < 4.78 is 0. The second kappa shape index (κ2) is 7.01. The third-order valence-corrected chi connectivity index (χ3v) is 4.89. The van der Waals surface area contributed by atoms with Crippen LogP contribution < -0.4 is 10.2 Å². The third kappa shape index (κ3) is 3.65. The van der Waals surface area contributed by atoms with Crippen LogP contribution in [0.3, 0.4) is 0 Å². The maximum Gasteiger partial charge on any atom is 0.225 e. The molecule has 122 valence electrons. The highest BCUT2D eigenvalue weighted by atomic mass is 16.2. The van der Waals surface area contributed by atoms with Crippen LogP contribution in [0.5, 0.6) is 0 Å². The standard InChI is InChI=1S/C18H24N4O/c1-14-13-22(11-8-20-14)18(23)16-6-9-21(10-7-16)17-4-2-15(12-19)3-5-17/h2-5,14,16,20H,6-11,13H2,1H3/t14-/m1/s1. The second-order valence-corrected chi connectivity index (χ2v) is 6.56. The molecule has 0 radical (unpaired) electrons. The first-order valence-electron chi connectivity index (χ1n) is 8.44. The Morgan fingerprint density at radius 1 is 1.22 bits per heavy atom. The van der Waals surface area contributed by atoms with Gasteiger partial charge in [0.05, 0.1) is 11.6 Å². The van der Waals surface area contributed by atoms with Crippen LogP contribution in [0.15, 0.2) is 24.3 Å². The molecular formula is C18H24N4O. The van der Waals surface area contributed by atoms with Gasteiger partial charge in [-0.3, -0.25) is 4.79 Å². The van der Waals surface area contributed by atoms with E-state index in [1.807, 2.05) is 29.2 Å². The fraction of sp³-hybridized carbons (Fsp3) is 0.556. The Hall–Kier alpha value is -2.06. The van der Waals surface area contributed by atoms with Gasteiger partial charge in [0.1, 0.15) is 0 Å². The van der Waals surface area contributed by atoms with E-state index in [1.165, 1.54) is 0 Å². The van der Waals surface area contributed by atoms with Crippen molar-refractivity contribution in [2.24, 2.45) is 5.92 Å². The minimum absolute atomic E-state index is 0.162. The normalized spacial score (nSPS) is 22.7. The fourth-order valence-corrected chi connectivity index (χ4v) is 3.52. The first kappa shape index (κ1) is 15.8. The van der Waals surface area contributed by atoms with Crippen molar-refractivity contribution in [2.75, 3.05) is 37.6 Å². The van der Waals surface area contributed by atoms with Gasteiger partial charge >= 0.3 is 0 Å². The lowest BCUT2D eigenvalue weighted by molar-refractivity contribution is -0.137. The average Bonchev–Trinajstić information content (AvgIpc) is 2.61. The molecule has 2 fully saturated rings. The van der Waals surface area contributed by atoms with Crippen molar-refractivity contribution in [2.45, 2.75) is 25.8 Å². The Morgan fingerprint density at radius 2 is 1.91 bits per heavy atom. The van der Waals surface area contributed by atoms with Crippen LogP contribution in [-0.2, 0) is 4.79 Å². The Balaban J connectivity index is 1.55. The average molecular weight is 312 g/mol. The highest BCUT2D eigenvalue weighted by molar-refractivity contribution is 5.79. The van der Waals surface area contributed by atoms with Gasteiger partial charge in [-0.15, -0.1) is 0 Å². The highest BCUT2D eigenvalue weighted by Gasteiger charge is 2.30. The number of hydrogen-bond acceptors (Lipinski definition) is 4. The van der Waals surface area contributed by atoms with Crippen LogP contribution >= 0.6 is 0 Å². The van der Waals surface area contributed by atoms with E-state index in [2.05, 4.69) is 23.2 Å². The largest absolute Gasteiger partial charge is 0.371 e. The minimum Gasteiger partial charge on any atom is -0.371 e. The summed E-state index contributed by atoms with van der Waals surface area (Å²) in [4.78, 5) is 17.0. The van der Waals surface area contributed by atoms with Crippen molar-refractivity contribution in [3.05, 3.63) is 29.8 Å². The molecule has 0 saturated carbocycles. The predicted molar refractivity (Wildman–Crippen MR) is 90.1 cm³/mol. The molecule has 5 nitrogen and oxygen atoms in total. The van der Waals surface area contributed by atoms with E-state index in [-0.39, 0.29) is 5.92 Å². The van der Waals surface area contributed by atoms with Crippen LogP contribution in [0.4, 0.5) is 5.69 Å². The first-order valence-corrected chi connectivity index (χ1v) is 8.44. The maximum atomic E-state index is 12.7. The third-order valence-electron chi connectivity index (χ3n) is 4.89. The summed E-state index contributed by atoms with van der Waals surface area (Å²) in [5, 5.41) is 12.2.